The van der Waals surface area contributed by atoms with Gasteiger partial charge in [0.2, 0.25) is 0 Å². The lowest BCUT2D eigenvalue weighted by Gasteiger charge is -2.33. The van der Waals surface area contributed by atoms with E-state index in [1.54, 1.807) is 23.9 Å². The highest BCUT2D eigenvalue weighted by Crippen LogP contribution is 2.41. The molecule has 28 heavy (non-hydrogen) atoms. The molecule has 0 amide bonds. The molecule has 0 N–H and O–H groups in total. The van der Waals surface area contributed by atoms with Gasteiger partial charge in [-0.15, -0.1) is 0 Å². The van der Waals surface area contributed by atoms with Crippen LogP contribution >= 0.6 is 23.2 Å². The summed E-state index contributed by atoms with van der Waals surface area (Å²) in [4.78, 5) is 6.83. The number of methoxy groups -OCH3 is 1. The minimum atomic E-state index is -0.395. The summed E-state index contributed by atoms with van der Waals surface area (Å²) in [6.07, 6.45) is 3.89. The van der Waals surface area contributed by atoms with Crippen molar-refractivity contribution in [3.05, 3.63) is 46.0 Å². The van der Waals surface area contributed by atoms with Crippen molar-refractivity contribution in [2.75, 3.05) is 25.1 Å². The number of rotatable bonds is 4. The molecule has 2 aromatic heterocycles. The van der Waals surface area contributed by atoms with Crippen LogP contribution in [0.4, 0.5) is 10.2 Å². The number of piperidine rings is 1. The molecule has 3 heterocycles. The number of benzene rings is 1. The van der Waals surface area contributed by atoms with Gasteiger partial charge in [-0.1, -0.05) is 30.1 Å². The summed E-state index contributed by atoms with van der Waals surface area (Å²) in [6.45, 7) is 4.40. The second-order valence-electron chi connectivity index (χ2n) is 7.23. The van der Waals surface area contributed by atoms with Gasteiger partial charge >= 0.3 is 0 Å². The molecule has 1 fully saturated rings. The molecule has 1 saturated heterocycles. The molecule has 0 unspecified atom stereocenters. The molecular weight excluding hydrogens is 402 g/mol. The zero-order chi connectivity index (χ0) is 19.8. The van der Waals surface area contributed by atoms with E-state index in [1.807, 2.05) is 0 Å². The average molecular weight is 423 g/mol. The maximum atomic E-state index is 13.6. The average Bonchev–Trinajstić information content (AvgIpc) is 3.05. The summed E-state index contributed by atoms with van der Waals surface area (Å²) in [5.74, 6) is 1.11. The highest BCUT2D eigenvalue weighted by molar-refractivity contribution is 6.36. The Kier molecular flexibility index (Phi) is 5.45. The molecule has 0 atom stereocenters. The molecule has 0 spiro atoms. The minimum Gasteiger partial charge on any atom is -0.380 e. The minimum absolute atomic E-state index is 0.291. The lowest BCUT2D eigenvalue weighted by atomic mass is 9.98. The quantitative estimate of drug-likeness (QED) is 0.540. The fraction of sp³-hybridized carbons (Fsp3) is 0.400. The van der Waals surface area contributed by atoms with E-state index in [9.17, 15) is 4.39 Å². The third kappa shape index (κ3) is 3.45. The van der Waals surface area contributed by atoms with Gasteiger partial charge in [-0.2, -0.15) is 9.61 Å². The van der Waals surface area contributed by atoms with Gasteiger partial charge in [0.15, 0.2) is 5.65 Å². The number of nitrogens with zero attached hydrogens (tertiary/aromatic N) is 4. The van der Waals surface area contributed by atoms with Crippen LogP contribution in [0, 0.1) is 11.7 Å². The van der Waals surface area contributed by atoms with E-state index in [1.165, 1.54) is 12.1 Å². The summed E-state index contributed by atoms with van der Waals surface area (Å²) >= 11 is 13.0. The van der Waals surface area contributed by atoms with Crippen molar-refractivity contribution in [3.63, 3.8) is 0 Å². The second kappa shape index (κ2) is 7.85. The number of halogens is 3. The van der Waals surface area contributed by atoms with E-state index in [0.717, 1.165) is 37.3 Å². The Hall–Kier alpha value is -1.89. The topological polar surface area (TPSA) is 42.7 Å². The summed E-state index contributed by atoms with van der Waals surface area (Å²) in [5, 5.41) is 5.17. The van der Waals surface area contributed by atoms with Crippen molar-refractivity contribution < 1.29 is 9.13 Å². The Bertz CT molecular complexity index is 1020. The van der Waals surface area contributed by atoms with Gasteiger partial charge in [0.05, 0.1) is 23.4 Å². The van der Waals surface area contributed by atoms with Crippen molar-refractivity contribution in [1.29, 1.82) is 0 Å². The van der Waals surface area contributed by atoms with Gasteiger partial charge in [0, 0.05) is 31.3 Å². The highest BCUT2D eigenvalue weighted by Gasteiger charge is 2.27. The van der Waals surface area contributed by atoms with Crippen LogP contribution in [-0.2, 0) is 11.3 Å². The molecular formula is C20H21Cl2FN4O. The Labute approximate surface area is 173 Å². The van der Waals surface area contributed by atoms with Crippen LogP contribution in [0.2, 0.25) is 10.2 Å². The Morgan fingerprint density at radius 3 is 2.68 bits per heavy atom. The first-order valence-corrected chi connectivity index (χ1v) is 10.0. The number of anilines is 1. The van der Waals surface area contributed by atoms with Gasteiger partial charge in [-0.05, 0) is 37.0 Å². The molecule has 0 saturated carbocycles. The molecule has 0 aliphatic carbocycles. The first-order chi connectivity index (χ1) is 13.5. The molecule has 1 aliphatic heterocycles. The first-order valence-electron chi connectivity index (χ1n) is 9.25. The van der Waals surface area contributed by atoms with Crippen molar-refractivity contribution in [3.8, 4) is 11.1 Å². The fourth-order valence-corrected chi connectivity index (χ4v) is 4.22. The largest absolute Gasteiger partial charge is 0.380 e. The number of fused-ring (bicyclic) bond motifs is 1. The van der Waals surface area contributed by atoms with E-state index in [0.29, 0.717) is 39.5 Å². The normalized spacial score (nSPS) is 15.5. The molecule has 0 bridgehead atoms. The molecule has 8 heteroatoms. The predicted molar refractivity (Wildman–Crippen MR) is 110 cm³/mol. The Morgan fingerprint density at radius 2 is 2.00 bits per heavy atom. The molecule has 5 nitrogen and oxygen atoms in total. The number of ether oxygens (including phenoxy) is 1. The highest BCUT2D eigenvalue weighted by atomic mass is 35.5. The zero-order valence-electron chi connectivity index (χ0n) is 15.8. The van der Waals surface area contributed by atoms with Crippen LogP contribution in [-0.4, -0.2) is 34.8 Å². The number of aromatic nitrogens is 3. The van der Waals surface area contributed by atoms with Gasteiger partial charge in [-0.3, -0.25) is 0 Å². The summed E-state index contributed by atoms with van der Waals surface area (Å²) in [7, 11) is 1.63. The summed E-state index contributed by atoms with van der Waals surface area (Å²) in [5.41, 5.74) is 2.82. The molecule has 3 aromatic rings. The predicted octanol–water partition coefficient (Wildman–Crippen LogP) is 5.22. The van der Waals surface area contributed by atoms with Crippen LogP contribution in [0.5, 0.6) is 0 Å². The van der Waals surface area contributed by atoms with E-state index in [2.05, 4.69) is 21.9 Å². The van der Waals surface area contributed by atoms with Crippen LogP contribution in [0.15, 0.2) is 24.4 Å². The number of hydrogen-bond donors (Lipinski definition) is 0. The van der Waals surface area contributed by atoms with Gasteiger partial charge in [0.1, 0.15) is 16.8 Å². The van der Waals surface area contributed by atoms with Crippen LogP contribution in [0.3, 0.4) is 0 Å². The van der Waals surface area contributed by atoms with Crippen molar-refractivity contribution in [2.45, 2.75) is 26.4 Å². The van der Waals surface area contributed by atoms with Crippen LogP contribution < -0.4 is 4.90 Å². The molecule has 1 aromatic carbocycles. The molecule has 148 valence electrons. The van der Waals surface area contributed by atoms with E-state index in [-0.39, 0.29) is 0 Å². The Morgan fingerprint density at radius 1 is 1.25 bits per heavy atom. The van der Waals surface area contributed by atoms with Crippen LogP contribution in [0.25, 0.3) is 16.8 Å². The van der Waals surface area contributed by atoms with E-state index < -0.39 is 5.82 Å². The Balaban J connectivity index is 1.97. The van der Waals surface area contributed by atoms with Crippen molar-refractivity contribution >= 4 is 34.7 Å². The second-order valence-corrected chi connectivity index (χ2v) is 8.00. The van der Waals surface area contributed by atoms with Gasteiger partial charge < -0.3 is 9.64 Å². The van der Waals surface area contributed by atoms with E-state index >= 15 is 0 Å². The van der Waals surface area contributed by atoms with Gasteiger partial charge in [-0.25, -0.2) is 9.37 Å². The molecule has 0 radical (unpaired) electrons. The summed E-state index contributed by atoms with van der Waals surface area (Å²) in [6, 6.07) is 4.31. The fourth-order valence-electron chi connectivity index (χ4n) is 3.69. The molecule has 4 rings (SSSR count). The lowest BCUT2D eigenvalue weighted by Crippen LogP contribution is -2.34. The monoisotopic (exact) mass is 422 g/mol. The molecule has 1 aliphatic rings. The SMILES string of the molecule is COCc1cnn2c(N3CCC(C)CC3)c(-c3ccc(F)cc3Cl)c(Cl)nc12. The maximum Gasteiger partial charge on any atom is 0.164 e. The van der Waals surface area contributed by atoms with Crippen molar-refractivity contribution in [2.24, 2.45) is 5.92 Å². The zero-order valence-corrected chi connectivity index (χ0v) is 17.3. The van der Waals surface area contributed by atoms with Crippen molar-refractivity contribution in [1.82, 2.24) is 14.6 Å². The lowest BCUT2D eigenvalue weighted by molar-refractivity contribution is 0.186. The maximum absolute atomic E-state index is 13.6. The smallest absolute Gasteiger partial charge is 0.164 e. The third-order valence-corrected chi connectivity index (χ3v) is 5.82. The standard InChI is InChI=1S/C20H21Cl2FN4O/c1-12-5-7-26(8-6-12)20-17(15-4-3-14(23)9-16(15)21)18(22)25-19-13(11-28-2)10-24-27(19)20/h3-4,9-10,12H,5-8,11H2,1-2H3. The van der Waals surface area contributed by atoms with E-state index in [4.69, 9.17) is 27.9 Å². The third-order valence-electron chi connectivity index (χ3n) is 5.23. The van der Waals surface area contributed by atoms with Crippen LogP contribution in [0.1, 0.15) is 25.3 Å². The number of hydrogen-bond acceptors (Lipinski definition) is 4. The summed E-state index contributed by atoms with van der Waals surface area (Å²) < 4.78 is 20.7. The first kappa shape index (κ1) is 19.4. The van der Waals surface area contributed by atoms with Gasteiger partial charge in [0.25, 0.3) is 0 Å².